The molecular weight excluding hydrogens is 450 g/mol. The van der Waals surface area contributed by atoms with Gasteiger partial charge in [0.05, 0.1) is 18.4 Å². The van der Waals surface area contributed by atoms with Crippen molar-refractivity contribution in [2.24, 2.45) is 0 Å². The third kappa shape index (κ3) is 5.51. The summed E-state index contributed by atoms with van der Waals surface area (Å²) in [6.45, 7) is 4.24. The Kier molecular flexibility index (Phi) is 7.30. The summed E-state index contributed by atoms with van der Waals surface area (Å²) in [5.74, 6) is 1.45. The maximum atomic E-state index is 12.0. The van der Waals surface area contributed by atoms with E-state index in [1.165, 1.54) is 6.08 Å². The van der Waals surface area contributed by atoms with E-state index in [2.05, 4.69) is 21.1 Å². The van der Waals surface area contributed by atoms with Crippen molar-refractivity contribution in [3.05, 3.63) is 81.2 Å². The van der Waals surface area contributed by atoms with E-state index in [9.17, 15) is 4.79 Å². The SMILES string of the molecule is COc1cc(/C=C/C(=O)OCc2ccccc2Br)ccc1OCc1c(C)noc1C. The molecule has 3 aromatic rings. The van der Waals surface area contributed by atoms with E-state index in [0.29, 0.717) is 18.1 Å². The lowest BCUT2D eigenvalue weighted by Crippen LogP contribution is -2.01. The van der Waals surface area contributed by atoms with Gasteiger partial charge in [-0.3, -0.25) is 0 Å². The van der Waals surface area contributed by atoms with Crippen LogP contribution in [0.3, 0.4) is 0 Å². The molecule has 30 heavy (non-hydrogen) atoms. The van der Waals surface area contributed by atoms with Crippen molar-refractivity contribution >= 4 is 28.0 Å². The van der Waals surface area contributed by atoms with Gasteiger partial charge < -0.3 is 18.7 Å². The van der Waals surface area contributed by atoms with Crippen molar-refractivity contribution in [3.63, 3.8) is 0 Å². The Morgan fingerprint density at radius 2 is 1.93 bits per heavy atom. The van der Waals surface area contributed by atoms with Gasteiger partial charge in [0.2, 0.25) is 0 Å². The minimum atomic E-state index is -0.427. The van der Waals surface area contributed by atoms with Crippen LogP contribution in [0.15, 0.2) is 57.5 Å². The van der Waals surface area contributed by atoms with Gasteiger partial charge in [-0.25, -0.2) is 4.79 Å². The number of carbonyl (C=O) groups is 1. The van der Waals surface area contributed by atoms with Crippen molar-refractivity contribution in [2.75, 3.05) is 7.11 Å². The molecule has 0 fully saturated rings. The fourth-order valence-corrected chi connectivity index (χ4v) is 3.14. The second-order valence-corrected chi connectivity index (χ2v) is 7.39. The van der Waals surface area contributed by atoms with Crippen LogP contribution in [0.5, 0.6) is 11.5 Å². The summed E-state index contributed by atoms with van der Waals surface area (Å²) in [5.41, 5.74) is 3.40. The number of hydrogen-bond acceptors (Lipinski definition) is 6. The first kappa shape index (κ1) is 21.6. The Morgan fingerprint density at radius 3 is 2.63 bits per heavy atom. The van der Waals surface area contributed by atoms with Gasteiger partial charge in [-0.05, 0) is 43.7 Å². The molecule has 3 rings (SSSR count). The van der Waals surface area contributed by atoms with E-state index in [0.717, 1.165) is 32.6 Å². The predicted molar refractivity (Wildman–Crippen MR) is 116 cm³/mol. The van der Waals surface area contributed by atoms with Gasteiger partial charge in [-0.15, -0.1) is 0 Å². The lowest BCUT2D eigenvalue weighted by Gasteiger charge is -2.11. The minimum Gasteiger partial charge on any atom is -0.493 e. The average Bonchev–Trinajstić information content (AvgIpc) is 3.07. The number of esters is 1. The molecule has 7 heteroatoms. The molecule has 0 saturated carbocycles. The molecule has 0 bridgehead atoms. The number of nitrogens with zero attached hydrogens (tertiary/aromatic N) is 1. The number of aryl methyl sites for hydroxylation is 2. The number of ether oxygens (including phenoxy) is 3. The third-order valence-corrected chi connectivity index (χ3v) is 5.25. The molecule has 0 aliphatic heterocycles. The molecule has 0 aliphatic rings. The largest absolute Gasteiger partial charge is 0.493 e. The topological polar surface area (TPSA) is 70.8 Å². The zero-order valence-corrected chi connectivity index (χ0v) is 18.6. The molecule has 0 spiro atoms. The van der Waals surface area contributed by atoms with Crippen molar-refractivity contribution in [1.29, 1.82) is 0 Å². The van der Waals surface area contributed by atoms with Crippen molar-refractivity contribution in [3.8, 4) is 11.5 Å². The average molecular weight is 472 g/mol. The summed E-state index contributed by atoms with van der Waals surface area (Å²) in [4.78, 5) is 12.0. The first-order chi connectivity index (χ1) is 14.5. The molecule has 1 aromatic heterocycles. The quantitative estimate of drug-likeness (QED) is 0.323. The van der Waals surface area contributed by atoms with Crippen LogP contribution < -0.4 is 9.47 Å². The number of aromatic nitrogens is 1. The van der Waals surface area contributed by atoms with Gasteiger partial charge in [0.15, 0.2) is 11.5 Å². The van der Waals surface area contributed by atoms with Gasteiger partial charge in [-0.2, -0.15) is 0 Å². The summed E-state index contributed by atoms with van der Waals surface area (Å²) in [6.07, 6.45) is 3.05. The monoisotopic (exact) mass is 471 g/mol. The Bertz CT molecular complexity index is 1040. The Balaban J connectivity index is 1.61. The second kappa shape index (κ2) is 10.1. The number of rotatable bonds is 8. The molecule has 0 aliphatic carbocycles. The summed E-state index contributed by atoms with van der Waals surface area (Å²) >= 11 is 3.43. The third-order valence-electron chi connectivity index (χ3n) is 4.48. The number of carbonyl (C=O) groups excluding carboxylic acids is 1. The second-order valence-electron chi connectivity index (χ2n) is 6.53. The van der Waals surface area contributed by atoms with Crippen molar-refractivity contribution in [2.45, 2.75) is 27.1 Å². The molecule has 6 nitrogen and oxygen atoms in total. The van der Waals surface area contributed by atoms with Crippen LogP contribution >= 0.6 is 15.9 Å². The molecule has 0 saturated heterocycles. The van der Waals surface area contributed by atoms with E-state index in [1.54, 1.807) is 25.3 Å². The van der Waals surface area contributed by atoms with E-state index < -0.39 is 5.97 Å². The predicted octanol–water partition coefficient (Wildman–Crippen LogP) is 5.40. The molecule has 0 atom stereocenters. The molecule has 0 radical (unpaired) electrons. The fourth-order valence-electron chi connectivity index (χ4n) is 2.74. The van der Waals surface area contributed by atoms with E-state index in [4.69, 9.17) is 18.7 Å². The van der Waals surface area contributed by atoms with Gasteiger partial charge in [-0.1, -0.05) is 45.4 Å². The number of hydrogen-bond donors (Lipinski definition) is 0. The highest BCUT2D eigenvalue weighted by molar-refractivity contribution is 9.10. The molecule has 1 heterocycles. The van der Waals surface area contributed by atoms with Crippen LogP contribution in [-0.2, 0) is 22.7 Å². The summed E-state index contributed by atoms with van der Waals surface area (Å²) in [5, 5.41) is 3.92. The highest BCUT2D eigenvalue weighted by Gasteiger charge is 2.12. The fraction of sp³-hybridized carbons (Fsp3) is 0.217. The van der Waals surface area contributed by atoms with Crippen LogP contribution in [0.4, 0.5) is 0 Å². The first-order valence-electron chi connectivity index (χ1n) is 9.28. The zero-order valence-electron chi connectivity index (χ0n) is 17.0. The van der Waals surface area contributed by atoms with E-state index >= 15 is 0 Å². The summed E-state index contributed by atoms with van der Waals surface area (Å²) in [7, 11) is 1.57. The normalized spacial score (nSPS) is 10.9. The van der Waals surface area contributed by atoms with Gasteiger partial charge in [0.25, 0.3) is 0 Å². The minimum absolute atomic E-state index is 0.197. The lowest BCUT2D eigenvalue weighted by molar-refractivity contribution is -0.138. The van der Waals surface area contributed by atoms with Crippen LogP contribution in [0.1, 0.15) is 28.1 Å². The summed E-state index contributed by atoms with van der Waals surface area (Å²) in [6, 6.07) is 13.0. The van der Waals surface area contributed by atoms with Crippen molar-refractivity contribution < 1.29 is 23.5 Å². The number of methoxy groups -OCH3 is 1. The molecule has 2 aromatic carbocycles. The van der Waals surface area contributed by atoms with Crippen LogP contribution in [0.2, 0.25) is 0 Å². The smallest absolute Gasteiger partial charge is 0.331 e. The zero-order chi connectivity index (χ0) is 21.5. The molecular formula is C23H22BrNO5. The van der Waals surface area contributed by atoms with Crippen molar-refractivity contribution in [1.82, 2.24) is 5.16 Å². The standard InChI is InChI=1S/C23H22BrNO5/c1-15-19(16(2)30-25-15)14-28-21-10-8-17(12-22(21)27-3)9-11-23(26)29-13-18-6-4-5-7-20(18)24/h4-12H,13-14H2,1-3H3/b11-9+. The van der Waals surface area contributed by atoms with Gasteiger partial charge in [0.1, 0.15) is 19.0 Å². The van der Waals surface area contributed by atoms with Crippen LogP contribution in [0.25, 0.3) is 6.08 Å². The van der Waals surface area contributed by atoms with E-state index in [1.807, 2.05) is 44.2 Å². The molecule has 0 unspecified atom stereocenters. The first-order valence-corrected chi connectivity index (χ1v) is 10.1. The molecule has 156 valence electrons. The molecule has 0 N–H and O–H groups in total. The van der Waals surface area contributed by atoms with Crippen LogP contribution in [0, 0.1) is 13.8 Å². The van der Waals surface area contributed by atoms with Gasteiger partial charge in [0, 0.05) is 16.1 Å². The van der Waals surface area contributed by atoms with Gasteiger partial charge >= 0.3 is 5.97 Å². The highest BCUT2D eigenvalue weighted by Crippen LogP contribution is 2.30. The molecule has 0 amide bonds. The Hall–Kier alpha value is -3.06. The van der Waals surface area contributed by atoms with Crippen LogP contribution in [-0.4, -0.2) is 18.2 Å². The Labute approximate surface area is 183 Å². The number of halogens is 1. The highest BCUT2D eigenvalue weighted by atomic mass is 79.9. The summed E-state index contributed by atoms with van der Waals surface area (Å²) < 4.78 is 22.6. The Morgan fingerprint density at radius 1 is 1.13 bits per heavy atom. The maximum absolute atomic E-state index is 12.0. The lowest BCUT2D eigenvalue weighted by atomic mass is 10.2. The number of benzene rings is 2. The van der Waals surface area contributed by atoms with E-state index in [-0.39, 0.29) is 6.61 Å². The maximum Gasteiger partial charge on any atom is 0.331 e.